The summed E-state index contributed by atoms with van der Waals surface area (Å²) in [6, 6.07) is 0. The predicted octanol–water partition coefficient (Wildman–Crippen LogP) is 3.91. The van der Waals surface area contributed by atoms with Gasteiger partial charge in [-0.1, -0.05) is 52.0 Å². The van der Waals surface area contributed by atoms with Gasteiger partial charge in [0.1, 0.15) is 11.7 Å². The van der Waals surface area contributed by atoms with Crippen LogP contribution in [0.15, 0.2) is 36.0 Å². The van der Waals surface area contributed by atoms with Crippen molar-refractivity contribution in [1.29, 1.82) is 0 Å². The molecule has 0 bridgehead atoms. The first-order chi connectivity index (χ1) is 22.3. The average molecular weight is 665 g/mol. The van der Waals surface area contributed by atoms with Gasteiger partial charge < -0.3 is 39.6 Å². The predicted molar refractivity (Wildman–Crippen MR) is 180 cm³/mol. The Morgan fingerprint density at radius 3 is 2.68 bits per heavy atom. The summed E-state index contributed by atoms with van der Waals surface area (Å²) in [6.07, 6.45) is 8.44. The van der Waals surface area contributed by atoms with Crippen LogP contribution in [0.3, 0.4) is 0 Å². The highest BCUT2D eigenvalue weighted by atomic mass is 16.6. The maximum Gasteiger partial charge on any atom is 0.407 e. The van der Waals surface area contributed by atoms with Gasteiger partial charge in [0.15, 0.2) is 6.10 Å². The van der Waals surface area contributed by atoms with Crippen LogP contribution in [0.25, 0.3) is 0 Å². The van der Waals surface area contributed by atoms with E-state index in [9.17, 15) is 24.9 Å². The minimum absolute atomic E-state index is 0.0942. The average Bonchev–Trinajstić information content (AvgIpc) is 3.80. The molecule has 2 fully saturated rings. The third kappa shape index (κ3) is 13.3. The number of allylic oxidation sites excluding steroid dienone is 3. The number of cyclic esters (lactones) is 1. The number of nitrogens with zero attached hydrogens (tertiary/aromatic N) is 1. The van der Waals surface area contributed by atoms with Gasteiger partial charge in [0.25, 0.3) is 0 Å². The fraction of sp³-hybridized carbons (Fsp3) is 0.778. The van der Waals surface area contributed by atoms with Crippen molar-refractivity contribution >= 4 is 12.1 Å². The molecule has 11 nitrogen and oxygen atoms in total. The van der Waals surface area contributed by atoms with Gasteiger partial charge in [0, 0.05) is 31.5 Å². The SMILES string of the molecule is CCC(O)C(C)C1OC1CC(C)C=CC=C(C)C1OC(=O)CC(O)CCC(C)(O)C(OC(=O)NCCCN2CCOCC2)C=CC1C. The van der Waals surface area contributed by atoms with Crippen LogP contribution in [0.1, 0.15) is 80.1 Å². The van der Waals surface area contributed by atoms with Crippen molar-refractivity contribution in [2.75, 3.05) is 39.4 Å². The number of carbonyl (C=O) groups is 2. The first kappa shape index (κ1) is 39.2. The van der Waals surface area contributed by atoms with E-state index < -0.39 is 36.0 Å². The maximum absolute atomic E-state index is 12.8. The lowest BCUT2D eigenvalue weighted by molar-refractivity contribution is -0.151. The molecular formula is C36H60N2O9. The summed E-state index contributed by atoms with van der Waals surface area (Å²) < 4.78 is 22.8. The Bertz CT molecular complexity index is 1070. The van der Waals surface area contributed by atoms with E-state index in [-0.39, 0.29) is 55.3 Å². The molecule has 3 aliphatic heterocycles. The van der Waals surface area contributed by atoms with Crippen LogP contribution < -0.4 is 5.32 Å². The van der Waals surface area contributed by atoms with Gasteiger partial charge in [-0.2, -0.15) is 0 Å². The second-order valence-electron chi connectivity index (χ2n) is 14.0. The van der Waals surface area contributed by atoms with Gasteiger partial charge in [-0.05, 0) is 70.1 Å². The zero-order valence-corrected chi connectivity index (χ0v) is 29.3. The summed E-state index contributed by atoms with van der Waals surface area (Å²) in [5.41, 5.74) is -0.658. The fourth-order valence-electron chi connectivity index (χ4n) is 6.26. The third-order valence-corrected chi connectivity index (χ3v) is 9.60. The highest BCUT2D eigenvalue weighted by Gasteiger charge is 2.45. The minimum Gasteiger partial charge on any atom is -0.457 e. The molecule has 0 spiro atoms. The normalized spacial score (nSPS) is 33.3. The largest absolute Gasteiger partial charge is 0.457 e. The molecule has 0 radical (unpaired) electrons. The number of rotatable bonds is 13. The van der Waals surface area contributed by atoms with E-state index >= 15 is 0 Å². The molecule has 47 heavy (non-hydrogen) atoms. The number of epoxide rings is 1. The zero-order chi connectivity index (χ0) is 34.6. The smallest absolute Gasteiger partial charge is 0.407 e. The minimum atomic E-state index is -1.47. The van der Waals surface area contributed by atoms with Gasteiger partial charge in [-0.25, -0.2) is 4.79 Å². The Morgan fingerprint density at radius 1 is 1.26 bits per heavy atom. The summed E-state index contributed by atoms with van der Waals surface area (Å²) in [5, 5.41) is 34.8. The number of morpholine rings is 1. The first-order valence-corrected chi connectivity index (χ1v) is 17.5. The summed E-state index contributed by atoms with van der Waals surface area (Å²) in [4.78, 5) is 27.9. The Balaban J connectivity index is 1.63. The van der Waals surface area contributed by atoms with Gasteiger partial charge in [0.05, 0.1) is 44.1 Å². The number of hydrogen-bond acceptors (Lipinski definition) is 10. The van der Waals surface area contributed by atoms with Crippen molar-refractivity contribution < 1.29 is 43.9 Å². The van der Waals surface area contributed by atoms with E-state index in [0.717, 1.165) is 51.3 Å². The standard InChI is InChI=1S/C36H60N2O9/c1-7-29(40)27(5)34-30(45-34)22-24(2)10-8-11-25(3)33-26(4)12-13-31(36(6,43)15-14-28(39)23-32(41)47-33)46-35(42)37-16-9-17-38-18-20-44-21-19-38/h8,10-13,24,26-31,33-34,39-40,43H,7,9,14-23H2,1-6H3,(H,37,42). The first-order valence-electron chi connectivity index (χ1n) is 17.5. The van der Waals surface area contributed by atoms with Crippen LogP contribution in [0.4, 0.5) is 4.79 Å². The van der Waals surface area contributed by atoms with Crippen LogP contribution in [0, 0.1) is 17.8 Å². The van der Waals surface area contributed by atoms with E-state index in [0.29, 0.717) is 13.0 Å². The van der Waals surface area contributed by atoms with E-state index in [2.05, 4.69) is 23.2 Å². The summed E-state index contributed by atoms with van der Waals surface area (Å²) >= 11 is 0. The molecule has 3 aliphatic rings. The molecule has 1 amide bonds. The van der Waals surface area contributed by atoms with Crippen molar-refractivity contribution in [2.24, 2.45) is 17.8 Å². The molecule has 3 rings (SSSR count). The lowest BCUT2D eigenvalue weighted by Crippen LogP contribution is -2.44. The third-order valence-electron chi connectivity index (χ3n) is 9.60. The fourth-order valence-corrected chi connectivity index (χ4v) is 6.26. The van der Waals surface area contributed by atoms with Crippen LogP contribution >= 0.6 is 0 Å². The molecule has 0 aliphatic carbocycles. The monoisotopic (exact) mass is 664 g/mol. The van der Waals surface area contributed by atoms with Crippen molar-refractivity contribution in [3.8, 4) is 0 Å². The molecule has 11 heteroatoms. The van der Waals surface area contributed by atoms with Crippen LogP contribution in [-0.4, -0.2) is 114 Å². The Kier molecular flexibility index (Phi) is 15.9. The molecular weight excluding hydrogens is 604 g/mol. The number of hydrogen-bond donors (Lipinski definition) is 4. The molecule has 0 aromatic heterocycles. The summed E-state index contributed by atoms with van der Waals surface area (Å²) in [6.45, 7) is 16.0. The molecule has 0 saturated carbocycles. The van der Waals surface area contributed by atoms with Crippen molar-refractivity contribution in [3.63, 3.8) is 0 Å². The second-order valence-corrected chi connectivity index (χ2v) is 14.0. The number of nitrogens with one attached hydrogen (secondary N) is 1. The van der Waals surface area contributed by atoms with Crippen molar-refractivity contribution in [1.82, 2.24) is 10.2 Å². The number of alkyl carbamates (subject to hydrolysis) is 1. The zero-order valence-electron chi connectivity index (χ0n) is 29.3. The Hall–Kier alpha value is -2.28. The van der Waals surface area contributed by atoms with Crippen LogP contribution in [0.2, 0.25) is 0 Å². The number of ether oxygens (including phenoxy) is 4. The lowest BCUT2D eigenvalue weighted by atomic mass is 9.88. The van der Waals surface area contributed by atoms with Crippen molar-refractivity contribution in [2.45, 2.75) is 122 Å². The molecule has 0 aromatic rings. The quantitative estimate of drug-likeness (QED) is 0.0751. The highest BCUT2D eigenvalue weighted by Crippen LogP contribution is 2.36. The number of aliphatic hydroxyl groups excluding tert-OH is 2. The van der Waals surface area contributed by atoms with E-state index in [1.807, 2.05) is 39.8 Å². The van der Waals surface area contributed by atoms with Crippen molar-refractivity contribution in [3.05, 3.63) is 36.0 Å². The summed E-state index contributed by atoms with van der Waals surface area (Å²) in [7, 11) is 0. The molecule has 2 saturated heterocycles. The molecule has 0 aromatic carbocycles. The maximum atomic E-state index is 12.8. The Labute approximate surface area is 281 Å². The van der Waals surface area contributed by atoms with E-state index in [1.165, 1.54) is 0 Å². The topological polar surface area (TPSA) is 150 Å². The molecule has 3 heterocycles. The number of aliphatic hydroxyl groups is 3. The molecule has 4 N–H and O–H groups in total. The van der Waals surface area contributed by atoms with Gasteiger partial charge in [0.2, 0.25) is 0 Å². The number of carbonyl (C=O) groups excluding carboxylic acids is 2. The number of esters is 1. The van der Waals surface area contributed by atoms with Gasteiger partial charge in [-0.15, -0.1) is 0 Å². The van der Waals surface area contributed by atoms with Gasteiger partial charge in [-0.3, -0.25) is 9.69 Å². The van der Waals surface area contributed by atoms with E-state index in [4.69, 9.17) is 18.9 Å². The second kappa shape index (κ2) is 19.0. The lowest BCUT2D eigenvalue weighted by Gasteiger charge is -2.32. The molecule has 10 unspecified atom stereocenters. The highest BCUT2D eigenvalue weighted by molar-refractivity contribution is 5.70. The molecule has 268 valence electrons. The van der Waals surface area contributed by atoms with Crippen LogP contribution in [-0.2, 0) is 23.7 Å². The van der Waals surface area contributed by atoms with E-state index in [1.54, 1.807) is 19.1 Å². The molecule has 10 atom stereocenters. The van der Waals surface area contributed by atoms with Crippen LogP contribution in [0.5, 0.6) is 0 Å². The summed E-state index contributed by atoms with van der Waals surface area (Å²) in [5.74, 6) is -0.473. The van der Waals surface area contributed by atoms with Gasteiger partial charge >= 0.3 is 12.1 Å². The number of amides is 1. The Morgan fingerprint density at radius 2 is 1.98 bits per heavy atom.